The molecule has 0 saturated heterocycles. The molecule has 80 valence electrons. The monoisotopic (exact) mass is 206 g/mol. The summed E-state index contributed by atoms with van der Waals surface area (Å²) in [6.07, 6.45) is 4.17. The maximum atomic E-state index is 11.8. The van der Waals surface area contributed by atoms with Crippen LogP contribution in [-0.4, -0.2) is 16.9 Å². The van der Waals surface area contributed by atoms with Gasteiger partial charge in [-0.3, -0.25) is 15.6 Å². The van der Waals surface area contributed by atoms with Crippen molar-refractivity contribution in [3.8, 4) is 0 Å². The van der Waals surface area contributed by atoms with Crippen LogP contribution in [0.15, 0.2) is 18.5 Å². The fourth-order valence-electron chi connectivity index (χ4n) is 1.48. The number of hydrogen-bond donors (Lipinski definition) is 3. The van der Waals surface area contributed by atoms with Crippen LogP contribution in [0.3, 0.4) is 0 Å². The lowest BCUT2D eigenvalue weighted by Gasteiger charge is -2.08. The average Bonchev–Trinajstić information content (AvgIpc) is 2.94. The summed E-state index contributed by atoms with van der Waals surface area (Å²) in [5.41, 5.74) is 3.54. The zero-order chi connectivity index (χ0) is 10.8. The quantitative estimate of drug-likeness (QED) is 0.497. The molecule has 0 spiro atoms. The van der Waals surface area contributed by atoms with Gasteiger partial charge in [-0.1, -0.05) is 6.92 Å². The van der Waals surface area contributed by atoms with Gasteiger partial charge in [-0.05, 0) is 18.4 Å². The zero-order valence-electron chi connectivity index (χ0n) is 8.53. The second kappa shape index (κ2) is 3.86. The molecule has 2 atom stereocenters. The molecule has 2 rings (SSSR count). The Morgan fingerprint density at radius 1 is 1.67 bits per heavy atom. The SMILES string of the molecule is CC1CC1NC(=O)c1ccncc1NN. The summed E-state index contributed by atoms with van der Waals surface area (Å²) in [4.78, 5) is 15.7. The summed E-state index contributed by atoms with van der Waals surface area (Å²) < 4.78 is 0. The van der Waals surface area contributed by atoms with Gasteiger partial charge in [0.05, 0.1) is 17.4 Å². The van der Waals surface area contributed by atoms with E-state index < -0.39 is 0 Å². The zero-order valence-corrected chi connectivity index (χ0v) is 8.53. The lowest BCUT2D eigenvalue weighted by Crippen LogP contribution is -2.28. The predicted molar refractivity (Wildman–Crippen MR) is 57.1 cm³/mol. The highest BCUT2D eigenvalue weighted by Crippen LogP contribution is 2.29. The van der Waals surface area contributed by atoms with Crippen molar-refractivity contribution in [2.45, 2.75) is 19.4 Å². The summed E-state index contributed by atoms with van der Waals surface area (Å²) >= 11 is 0. The smallest absolute Gasteiger partial charge is 0.253 e. The number of carbonyl (C=O) groups excluding carboxylic acids is 1. The van der Waals surface area contributed by atoms with E-state index in [-0.39, 0.29) is 5.91 Å². The van der Waals surface area contributed by atoms with E-state index in [4.69, 9.17) is 5.84 Å². The molecule has 15 heavy (non-hydrogen) atoms. The molecular weight excluding hydrogens is 192 g/mol. The highest BCUT2D eigenvalue weighted by molar-refractivity contribution is 5.99. The van der Waals surface area contributed by atoms with E-state index in [0.29, 0.717) is 23.2 Å². The van der Waals surface area contributed by atoms with Crippen molar-refractivity contribution in [3.63, 3.8) is 0 Å². The summed E-state index contributed by atoms with van der Waals surface area (Å²) in [6, 6.07) is 1.97. The van der Waals surface area contributed by atoms with Crippen LogP contribution in [0.1, 0.15) is 23.7 Å². The molecule has 0 bridgehead atoms. The Labute approximate surface area is 88.0 Å². The first kappa shape index (κ1) is 9.92. The Kier molecular flexibility index (Phi) is 2.55. The number of carbonyl (C=O) groups is 1. The maximum absolute atomic E-state index is 11.8. The molecule has 4 N–H and O–H groups in total. The van der Waals surface area contributed by atoms with Crippen molar-refractivity contribution in [3.05, 3.63) is 24.0 Å². The number of nitrogens with two attached hydrogens (primary N) is 1. The Balaban J connectivity index is 2.10. The molecule has 1 saturated carbocycles. The Morgan fingerprint density at radius 3 is 3.00 bits per heavy atom. The van der Waals surface area contributed by atoms with E-state index >= 15 is 0 Å². The highest BCUT2D eigenvalue weighted by Gasteiger charge is 2.34. The van der Waals surface area contributed by atoms with Crippen molar-refractivity contribution in [1.82, 2.24) is 10.3 Å². The number of pyridine rings is 1. The average molecular weight is 206 g/mol. The molecule has 0 aromatic carbocycles. The van der Waals surface area contributed by atoms with Crippen LogP contribution >= 0.6 is 0 Å². The van der Waals surface area contributed by atoms with Crippen molar-refractivity contribution >= 4 is 11.6 Å². The molecule has 0 aliphatic heterocycles. The van der Waals surface area contributed by atoms with Crippen LogP contribution in [0.2, 0.25) is 0 Å². The highest BCUT2D eigenvalue weighted by atomic mass is 16.1. The molecule has 1 aliphatic carbocycles. The fourth-order valence-corrected chi connectivity index (χ4v) is 1.48. The first-order chi connectivity index (χ1) is 7.22. The van der Waals surface area contributed by atoms with Gasteiger partial charge in [0, 0.05) is 12.2 Å². The lowest BCUT2D eigenvalue weighted by atomic mass is 10.2. The van der Waals surface area contributed by atoms with Crippen LogP contribution in [0.25, 0.3) is 0 Å². The van der Waals surface area contributed by atoms with Gasteiger partial charge < -0.3 is 10.7 Å². The van der Waals surface area contributed by atoms with Gasteiger partial charge in [-0.2, -0.15) is 0 Å². The third-order valence-electron chi connectivity index (χ3n) is 2.65. The number of hydrogen-bond acceptors (Lipinski definition) is 4. The fraction of sp³-hybridized carbons (Fsp3) is 0.400. The van der Waals surface area contributed by atoms with Gasteiger partial charge in [-0.25, -0.2) is 0 Å². The second-order valence-electron chi connectivity index (χ2n) is 3.86. The van der Waals surface area contributed by atoms with Gasteiger partial charge in [0.25, 0.3) is 5.91 Å². The number of nitrogen functional groups attached to an aromatic ring is 1. The minimum atomic E-state index is -0.0975. The van der Waals surface area contributed by atoms with Crippen LogP contribution < -0.4 is 16.6 Å². The molecular formula is C10H14N4O. The van der Waals surface area contributed by atoms with Crippen LogP contribution in [0.4, 0.5) is 5.69 Å². The first-order valence-electron chi connectivity index (χ1n) is 4.94. The second-order valence-corrected chi connectivity index (χ2v) is 3.86. The summed E-state index contributed by atoms with van der Waals surface area (Å²) in [7, 11) is 0. The third-order valence-corrected chi connectivity index (χ3v) is 2.65. The molecule has 1 fully saturated rings. The largest absolute Gasteiger partial charge is 0.349 e. The molecule has 1 aromatic heterocycles. The normalized spacial score (nSPS) is 23.3. The van der Waals surface area contributed by atoms with Crippen molar-refractivity contribution in [2.24, 2.45) is 11.8 Å². The maximum Gasteiger partial charge on any atom is 0.253 e. The first-order valence-corrected chi connectivity index (χ1v) is 4.94. The van der Waals surface area contributed by atoms with E-state index in [2.05, 4.69) is 22.7 Å². The van der Waals surface area contributed by atoms with Gasteiger partial charge in [0.15, 0.2) is 0 Å². The van der Waals surface area contributed by atoms with Crippen molar-refractivity contribution in [1.29, 1.82) is 0 Å². The standard InChI is InChI=1S/C10H14N4O/c1-6-4-8(6)13-10(15)7-2-3-12-5-9(7)14-11/h2-3,5-6,8,14H,4,11H2,1H3,(H,13,15). The molecule has 5 heteroatoms. The number of nitrogens with zero attached hydrogens (tertiary/aromatic N) is 1. The van der Waals surface area contributed by atoms with Crippen LogP contribution in [0.5, 0.6) is 0 Å². The van der Waals surface area contributed by atoms with E-state index in [1.165, 1.54) is 6.20 Å². The number of rotatable bonds is 3. The molecule has 1 amide bonds. The number of nitrogens with one attached hydrogen (secondary N) is 2. The summed E-state index contributed by atoms with van der Waals surface area (Å²) in [5, 5.41) is 2.93. The van der Waals surface area contributed by atoms with Gasteiger partial charge in [0.2, 0.25) is 0 Å². The van der Waals surface area contributed by atoms with Crippen LogP contribution in [0, 0.1) is 5.92 Å². The molecule has 2 unspecified atom stereocenters. The minimum Gasteiger partial charge on any atom is -0.349 e. The number of anilines is 1. The molecule has 5 nitrogen and oxygen atoms in total. The summed E-state index contributed by atoms with van der Waals surface area (Å²) in [6.45, 7) is 2.11. The van der Waals surface area contributed by atoms with Gasteiger partial charge in [0.1, 0.15) is 0 Å². The van der Waals surface area contributed by atoms with E-state index in [0.717, 1.165) is 6.42 Å². The Hall–Kier alpha value is -1.62. The van der Waals surface area contributed by atoms with E-state index in [1.54, 1.807) is 12.3 Å². The van der Waals surface area contributed by atoms with Crippen molar-refractivity contribution in [2.75, 3.05) is 5.43 Å². The molecule has 1 aromatic rings. The Bertz CT molecular complexity index is 379. The lowest BCUT2D eigenvalue weighted by molar-refractivity contribution is 0.0950. The van der Waals surface area contributed by atoms with E-state index in [1.807, 2.05) is 0 Å². The number of aromatic nitrogens is 1. The molecule has 1 heterocycles. The number of hydrazine groups is 1. The summed E-state index contributed by atoms with van der Waals surface area (Å²) in [5.74, 6) is 5.78. The predicted octanol–water partition coefficient (Wildman–Crippen LogP) is 0.505. The minimum absolute atomic E-state index is 0.0975. The van der Waals surface area contributed by atoms with Crippen LogP contribution in [-0.2, 0) is 0 Å². The van der Waals surface area contributed by atoms with Gasteiger partial charge >= 0.3 is 0 Å². The topological polar surface area (TPSA) is 80.0 Å². The Morgan fingerprint density at radius 2 is 2.40 bits per heavy atom. The van der Waals surface area contributed by atoms with Gasteiger partial charge in [-0.15, -0.1) is 0 Å². The number of amides is 1. The molecule has 0 radical (unpaired) electrons. The molecule has 1 aliphatic rings. The third kappa shape index (κ3) is 2.07. The van der Waals surface area contributed by atoms with E-state index in [9.17, 15) is 4.79 Å². The van der Waals surface area contributed by atoms with Crippen molar-refractivity contribution < 1.29 is 4.79 Å².